The number of halogens is 1. The van der Waals surface area contributed by atoms with E-state index in [4.69, 9.17) is 5.73 Å². The van der Waals surface area contributed by atoms with Crippen molar-refractivity contribution in [3.63, 3.8) is 0 Å². The molecule has 0 saturated carbocycles. The molecule has 20 heavy (non-hydrogen) atoms. The molecule has 2 aliphatic heterocycles. The second-order valence-electron chi connectivity index (χ2n) is 6.10. The number of hydrogen-bond donors (Lipinski definition) is 1. The molecule has 0 radical (unpaired) electrons. The summed E-state index contributed by atoms with van der Waals surface area (Å²) in [4.78, 5) is 4.79. The Morgan fingerprint density at radius 1 is 1.25 bits per heavy atom. The molecular weight excluding hydrogens is 253 g/mol. The van der Waals surface area contributed by atoms with Gasteiger partial charge in [-0.05, 0) is 44.4 Å². The van der Waals surface area contributed by atoms with Gasteiger partial charge in [0.2, 0.25) is 0 Å². The summed E-state index contributed by atoms with van der Waals surface area (Å²) < 4.78 is 14.4. The van der Waals surface area contributed by atoms with E-state index in [1.165, 1.54) is 19.4 Å². The molecule has 2 saturated heterocycles. The highest BCUT2D eigenvalue weighted by Gasteiger charge is 2.30. The van der Waals surface area contributed by atoms with E-state index in [2.05, 4.69) is 9.80 Å². The van der Waals surface area contributed by atoms with Crippen molar-refractivity contribution < 1.29 is 4.39 Å². The molecule has 1 aromatic carbocycles. The van der Waals surface area contributed by atoms with Gasteiger partial charge < -0.3 is 10.6 Å². The summed E-state index contributed by atoms with van der Waals surface area (Å²) in [5.74, 6) is -0.133. The first-order chi connectivity index (χ1) is 9.66. The largest absolute Gasteiger partial charge is 0.367 e. The zero-order valence-corrected chi connectivity index (χ0v) is 12.2. The van der Waals surface area contributed by atoms with Crippen LogP contribution >= 0.6 is 0 Å². The van der Waals surface area contributed by atoms with Gasteiger partial charge in [0.25, 0.3) is 0 Å². The lowest BCUT2D eigenvalue weighted by Crippen LogP contribution is -2.37. The van der Waals surface area contributed by atoms with Gasteiger partial charge in [-0.1, -0.05) is 12.1 Å². The predicted molar refractivity (Wildman–Crippen MR) is 80.4 cm³/mol. The van der Waals surface area contributed by atoms with Crippen LogP contribution in [0.3, 0.4) is 0 Å². The van der Waals surface area contributed by atoms with Crippen LogP contribution in [0.1, 0.15) is 37.8 Å². The summed E-state index contributed by atoms with van der Waals surface area (Å²) >= 11 is 0. The van der Waals surface area contributed by atoms with E-state index >= 15 is 0 Å². The fourth-order valence-electron chi connectivity index (χ4n) is 3.64. The third-order valence-corrected chi connectivity index (χ3v) is 4.63. The number of nitrogens with zero attached hydrogens (tertiary/aromatic N) is 2. The van der Waals surface area contributed by atoms with Crippen LogP contribution in [0, 0.1) is 5.82 Å². The lowest BCUT2D eigenvalue weighted by molar-refractivity contribution is 0.273. The molecule has 0 amide bonds. The summed E-state index contributed by atoms with van der Waals surface area (Å²) in [6.45, 7) is 6.13. The van der Waals surface area contributed by atoms with Crippen LogP contribution in [-0.4, -0.2) is 37.1 Å². The maximum atomic E-state index is 14.4. The van der Waals surface area contributed by atoms with E-state index in [-0.39, 0.29) is 11.9 Å². The number of fused-ring (bicyclic) bond motifs is 1. The molecule has 2 atom stereocenters. The minimum Gasteiger partial charge on any atom is -0.367 e. The van der Waals surface area contributed by atoms with E-state index < -0.39 is 0 Å². The molecule has 2 heterocycles. The first kappa shape index (κ1) is 13.8. The van der Waals surface area contributed by atoms with Crippen LogP contribution in [0.4, 0.5) is 10.1 Å². The van der Waals surface area contributed by atoms with Crippen LogP contribution in [0.25, 0.3) is 0 Å². The number of benzene rings is 1. The molecule has 3 nitrogen and oxygen atoms in total. The summed E-state index contributed by atoms with van der Waals surface area (Å²) in [7, 11) is 0. The number of rotatable bonds is 2. The number of nitrogens with two attached hydrogens (primary N) is 1. The van der Waals surface area contributed by atoms with Crippen LogP contribution < -0.4 is 10.6 Å². The van der Waals surface area contributed by atoms with E-state index in [1.54, 1.807) is 12.1 Å². The van der Waals surface area contributed by atoms with Gasteiger partial charge in [0.1, 0.15) is 5.82 Å². The number of para-hydroxylation sites is 1. The van der Waals surface area contributed by atoms with E-state index in [0.717, 1.165) is 37.3 Å². The first-order valence-corrected chi connectivity index (χ1v) is 7.70. The molecule has 0 aromatic heterocycles. The van der Waals surface area contributed by atoms with Crippen LogP contribution in [0.5, 0.6) is 0 Å². The van der Waals surface area contributed by atoms with Crippen molar-refractivity contribution in [1.82, 2.24) is 4.90 Å². The van der Waals surface area contributed by atoms with Crippen molar-refractivity contribution in [3.05, 3.63) is 29.6 Å². The molecule has 110 valence electrons. The molecule has 1 unspecified atom stereocenters. The molecule has 2 aliphatic rings. The van der Waals surface area contributed by atoms with Crippen LogP contribution in [0.2, 0.25) is 0 Å². The van der Waals surface area contributed by atoms with Gasteiger partial charge in [-0.2, -0.15) is 0 Å². The van der Waals surface area contributed by atoms with Gasteiger partial charge in [-0.3, -0.25) is 4.90 Å². The molecule has 0 aliphatic carbocycles. The normalized spacial score (nSPS) is 25.4. The van der Waals surface area contributed by atoms with Crippen molar-refractivity contribution in [2.45, 2.75) is 38.3 Å². The quantitative estimate of drug-likeness (QED) is 0.901. The minimum atomic E-state index is -0.136. The second-order valence-corrected chi connectivity index (χ2v) is 6.10. The highest BCUT2D eigenvalue weighted by molar-refractivity contribution is 5.56. The zero-order chi connectivity index (χ0) is 14.1. The minimum absolute atomic E-state index is 0.133. The Bertz CT molecular complexity index is 475. The molecule has 1 aromatic rings. The average molecular weight is 277 g/mol. The Morgan fingerprint density at radius 2 is 2.05 bits per heavy atom. The van der Waals surface area contributed by atoms with Crippen molar-refractivity contribution >= 4 is 5.69 Å². The molecule has 0 spiro atoms. The Balaban J connectivity index is 1.91. The molecule has 3 rings (SSSR count). The smallest absolute Gasteiger partial charge is 0.146 e. The Hall–Kier alpha value is -1.13. The van der Waals surface area contributed by atoms with Gasteiger partial charge in [-0.25, -0.2) is 4.39 Å². The maximum Gasteiger partial charge on any atom is 0.146 e. The van der Waals surface area contributed by atoms with Gasteiger partial charge in [0.05, 0.1) is 5.69 Å². The van der Waals surface area contributed by atoms with Crippen LogP contribution in [-0.2, 0) is 0 Å². The van der Waals surface area contributed by atoms with Crippen molar-refractivity contribution in [2.75, 3.05) is 31.1 Å². The second kappa shape index (κ2) is 5.70. The highest BCUT2D eigenvalue weighted by Crippen LogP contribution is 2.31. The van der Waals surface area contributed by atoms with E-state index in [0.29, 0.717) is 6.04 Å². The number of hydrogen-bond acceptors (Lipinski definition) is 3. The summed E-state index contributed by atoms with van der Waals surface area (Å²) in [6, 6.07) is 5.72. The number of anilines is 1. The van der Waals surface area contributed by atoms with Crippen molar-refractivity contribution in [1.29, 1.82) is 0 Å². The van der Waals surface area contributed by atoms with Gasteiger partial charge in [-0.15, -0.1) is 0 Å². The van der Waals surface area contributed by atoms with Crippen LogP contribution in [0.15, 0.2) is 18.2 Å². The lowest BCUT2D eigenvalue weighted by Gasteiger charge is -2.30. The van der Waals surface area contributed by atoms with Crippen molar-refractivity contribution in [2.24, 2.45) is 5.73 Å². The van der Waals surface area contributed by atoms with Crippen molar-refractivity contribution in [3.8, 4) is 0 Å². The fourth-order valence-corrected chi connectivity index (χ4v) is 3.64. The monoisotopic (exact) mass is 277 g/mol. The topological polar surface area (TPSA) is 32.5 Å². The Labute approximate surface area is 120 Å². The van der Waals surface area contributed by atoms with Gasteiger partial charge in [0, 0.05) is 31.7 Å². The van der Waals surface area contributed by atoms with E-state index in [1.807, 2.05) is 13.0 Å². The summed E-state index contributed by atoms with van der Waals surface area (Å²) in [5, 5.41) is 0. The first-order valence-electron chi connectivity index (χ1n) is 7.70. The van der Waals surface area contributed by atoms with Gasteiger partial charge in [0.15, 0.2) is 0 Å². The highest BCUT2D eigenvalue weighted by atomic mass is 19.1. The zero-order valence-electron chi connectivity index (χ0n) is 12.2. The lowest BCUT2D eigenvalue weighted by atomic mass is 10.0. The summed E-state index contributed by atoms with van der Waals surface area (Å²) in [5.41, 5.74) is 7.69. The summed E-state index contributed by atoms with van der Waals surface area (Å²) in [6.07, 6.45) is 3.61. The predicted octanol–water partition coefficient (Wildman–Crippen LogP) is 2.52. The third-order valence-electron chi connectivity index (χ3n) is 4.63. The third kappa shape index (κ3) is 2.54. The molecule has 4 heteroatoms. The fraction of sp³-hybridized carbons (Fsp3) is 0.625. The van der Waals surface area contributed by atoms with E-state index in [9.17, 15) is 4.39 Å². The molecule has 0 bridgehead atoms. The van der Waals surface area contributed by atoms with Gasteiger partial charge >= 0.3 is 0 Å². The Kier molecular flexibility index (Phi) is 3.94. The molecular formula is C16H24FN3. The Morgan fingerprint density at radius 3 is 2.85 bits per heavy atom. The molecule has 2 fully saturated rings. The molecule has 2 N–H and O–H groups in total. The average Bonchev–Trinajstić information content (AvgIpc) is 2.76. The maximum absolute atomic E-state index is 14.4. The SMILES string of the molecule is C[C@H](N)c1cccc(F)c1N1CCCN2CCCC2C1. The standard InChI is InChI=1S/C16H24FN3/c1-12(18)14-6-2-7-15(17)16(14)20-10-4-9-19-8-3-5-13(19)11-20/h2,6-7,12-13H,3-5,8-11,18H2,1H3/t12-,13?/m0/s1.